The summed E-state index contributed by atoms with van der Waals surface area (Å²) in [6, 6.07) is 0. The van der Waals surface area contributed by atoms with E-state index in [0.717, 1.165) is 50.9 Å². The van der Waals surface area contributed by atoms with Gasteiger partial charge in [0.25, 0.3) is 0 Å². The van der Waals surface area contributed by atoms with Gasteiger partial charge in [0.15, 0.2) is 5.96 Å². The summed E-state index contributed by atoms with van der Waals surface area (Å²) in [5.41, 5.74) is 0. The number of hydrogen-bond donors (Lipinski definition) is 2. The standard InChI is InChI=1S/C17H33N5O.HI/c1-3-18-17(20-14-16(23)22-10-4-5-11-22)19-9-6-15-7-12-21(2)13-8-15;/h15H,3-14H2,1-2H3,(H2,18,19,20);1H. The summed E-state index contributed by atoms with van der Waals surface area (Å²) >= 11 is 0. The van der Waals surface area contributed by atoms with Crippen LogP contribution in [-0.2, 0) is 4.79 Å². The molecule has 0 saturated carbocycles. The predicted octanol–water partition coefficient (Wildman–Crippen LogP) is 1.51. The number of carbonyl (C=O) groups is 1. The van der Waals surface area contributed by atoms with Crippen molar-refractivity contribution in [2.45, 2.75) is 39.0 Å². The summed E-state index contributed by atoms with van der Waals surface area (Å²) in [6.07, 6.45) is 6.02. The first-order valence-corrected chi connectivity index (χ1v) is 9.17. The van der Waals surface area contributed by atoms with Gasteiger partial charge in [0, 0.05) is 26.2 Å². The maximum atomic E-state index is 12.1. The van der Waals surface area contributed by atoms with Gasteiger partial charge in [-0.3, -0.25) is 4.79 Å². The number of likely N-dealkylation sites (tertiary alicyclic amines) is 2. The largest absolute Gasteiger partial charge is 0.357 e. The molecule has 0 aromatic heterocycles. The molecule has 0 aromatic carbocycles. The van der Waals surface area contributed by atoms with Gasteiger partial charge in [0.05, 0.1) is 0 Å². The summed E-state index contributed by atoms with van der Waals surface area (Å²) in [5, 5.41) is 6.61. The summed E-state index contributed by atoms with van der Waals surface area (Å²) < 4.78 is 0. The van der Waals surface area contributed by atoms with Crippen LogP contribution in [0.3, 0.4) is 0 Å². The van der Waals surface area contributed by atoms with Crippen molar-refractivity contribution in [3.63, 3.8) is 0 Å². The van der Waals surface area contributed by atoms with Crippen LogP contribution >= 0.6 is 24.0 Å². The van der Waals surface area contributed by atoms with Crippen LogP contribution in [-0.4, -0.2) is 74.5 Å². The Balaban J connectivity index is 0.00000288. The Morgan fingerprint density at radius 2 is 1.79 bits per heavy atom. The van der Waals surface area contributed by atoms with Gasteiger partial charge in [-0.05, 0) is 65.1 Å². The van der Waals surface area contributed by atoms with Crippen LogP contribution in [0.25, 0.3) is 0 Å². The van der Waals surface area contributed by atoms with Crippen LogP contribution in [0.2, 0.25) is 0 Å². The third kappa shape index (κ3) is 7.55. The Morgan fingerprint density at radius 3 is 2.42 bits per heavy atom. The Kier molecular flexibility index (Phi) is 10.6. The molecule has 2 fully saturated rings. The molecule has 0 spiro atoms. The number of piperidine rings is 1. The zero-order chi connectivity index (χ0) is 16.5. The molecule has 0 aromatic rings. The summed E-state index contributed by atoms with van der Waals surface area (Å²) in [5.74, 6) is 1.73. The third-order valence-corrected chi connectivity index (χ3v) is 4.86. The molecule has 0 radical (unpaired) electrons. The SMILES string of the molecule is CCNC(=NCC(=O)N1CCCC1)NCCC1CCN(C)CC1.I. The monoisotopic (exact) mass is 451 g/mol. The molecule has 2 saturated heterocycles. The first kappa shape index (κ1) is 21.5. The molecule has 2 N–H and O–H groups in total. The molecule has 2 aliphatic rings. The van der Waals surface area contributed by atoms with E-state index in [0.29, 0.717) is 0 Å². The van der Waals surface area contributed by atoms with Gasteiger partial charge in [0.2, 0.25) is 5.91 Å². The highest BCUT2D eigenvalue weighted by Crippen LogP contribution is 2.18. The Bertz CT molecular complexity index is 390. The number of guanidine groups is 1. The van der Waals surface area contributed by atoms with Crippen molar-refractivity contribution in [3.8, 4) is 0 Å². The lowest BCUT2D eigenvalue weighted by atomic mass is 9.94. The zero-order valence-corrected chi connectivity index (χ0v) is 17.6. The summed E-state index contributed by atoms with van der Waals surface area (Å²) in [4.78, 5) is 20.8. The van der Waals surface area contributed by atoms with Crippen LogP contribution < -0.4 is 10.6 Å². The molecular weight excluding hydrogens is 417 g/mol. The lowest BCUT2D eigenvalue weighted by molar-refractivity contribution is -0.128. The van der Waals surface area contributed by atoms with Gasteiger partial charge in [0.1, 0.15) is 6.54 Å². The van der Waals surface area contributed by atoms with Crippen LogP contribution in [0.4, 0.5) is 0 Å². The van der Waals surface area contributed by atoms with E-state index in [4.69, 9.17) is 0 Å². The highest BCUT2D eigenvalue weighted by atomic mass is 127. The Labute approximate surface area is 163 Å². The molecule has 24 heavy (non-hydrogen) atoms. The number of hydrogen-bond acceptors (Lipinski definition) is 3. The highest BCUT2D eigenvalue weighted by molar-refractivity contribution is 14.0. The van der Waals surface area contributed by atoms with Crippen molar-refractivity contribution in [2.75, 3.05) is 52.9 Å². The first-order chi connectivity index (χ1) is 11.2. The molecule has 2 aliphatic heterocycles. The van der Waals surface area contributed by atoms with Crippen molar-refractivity contribution >= 4 is 35.8 Å². The molecule has 2 rings (SSSR count). The van der Waals surface area contributed by atoms with Gasteiger partial charge >= 0.3 is 0 Å². The first-order valence-electron chi connectivity index (χ1n) is 9.17. The van der Waals surface area contributed by atoms with E-state index in [1.54, 1.807) is 0 Å². The van der Waals surface area contributed by atoms with Gasteiger partial charge < -0.3 is 20.4 Å². The number of halogens is 1. The molecule has 0 unspecified atom stereocenters. The predicted molar refractivity (Wildman–Crippen MR) is 110 cm³/mol. The smallest absolute Gasteiger partial charge is 0.244 e. The van der Waals surface area contributed by atoms with E-state index in [1.807, 2.05) is 4.90 Å². The maximum Gasteiger partial charge on any atom is 0.244 e. The molecule has 0 aliphatic carbocycles. The molecule has 6 nitrogen and oxygen atoms in total. The molecular formula is C17H34IN5O. The number of nitrogens with zero attached hydrogens (tertiary/aromatic N) is 3. The van der Waals surface area contributed by atoms with E-state index >= 15 is 0 Å². The minimum Gasteiger partial charge on any atom is -0.357 e. The number of rotatable bonds is 6. The topological polar surface area (TPSA) is 60.0 Å². The lowest BCUT2D eigenvalue weighted by Crippen LogP contribution is -2.40. The van der Waals surface area contributed by atoms with Crippen molar-refractivity contribution in [1.82, 2.24) is 20.4 Å². The molecule has 2 heterocycles. The summed E-state index contributed by atoms with van der Waals surface area (Å²) in [6.45, 7) is 8.27. The van der Waals surface area contributed by atoms with E-state index in [2.05, 4.69) is 34.5 Å². The van der Waals surface area contributed by atoms with Crippen molar-refractivity contribution < 1.29 is 4.79 Å². The van der Waals surface area contributed by atoms with E-state index < -0.39 is 0 Å². The van der Waals surface area contributed by atoms with E-state index in [-0.39, 0.29) is 36.4 Å². The van der Waals surface area contributed by atoms with Gasteiger partial charge in [-0.25, -0.2) is 4.99 Å². The van der Waals surface area contributed by atoms with Gasteiger partial charge in [-0.1, -0.05) is 0 Å². The number of carbonyl (C=O) groups excluding carboxylic acids is 1. The highest BCUT2D eigenvalue weighted by Gasteiger charge is 2.18. The second-order valence-corrected chi connectivity index (χ2v) is 6.75. The van der Waals surface area contributed by atoms with Crippen LogP contribution in [0.1, 0.15) is 39.0 Å². The van der Waals surface area contributed by atoms with Gasteiger partial charge in [-0.15, -0.1) is 24.0 Å². The molecule has 140 valence electrons. The van der Waals surface area contributed by atoms with E-state index in [1.165, 1.54) is 32.4 Å². The van der Waals surface area contributed by atoms with Crippen molar-refractivity contribution in [2.24, 2.45) is 10.9 Å². The molecule has 1 amide bonds. The number of aliphatic imine (C=N–C) groups is 1. The minimum absolute atomic E-state index is 0. The third-order valence-electron chi connectivity index (χ3n) is 4.86. The second kappa shape index (κ2) is 11.9. The van der Waals surface area contributed by atoms with Crippen molar-refractivity contribution in [3.05, 3.63) is 0 Å². The Hall–Kier alpha value is -0.570. The Morgan fingerprint density at radius 1 is 1.12 bits per heavy atom. The van der Waals surface area contributed by atoms with Crippen molar-refractivity contribution in [1.29, 1.82) is 0 Å². The fourth-order valence-electron chi connectivity index (χ4n) is 3.30. The maximum absolute atomic E-state index is 12.1. The molecule has 0 bridgehead atoms. The fourth-order valence-corrected chi connectivity index (χ4v) is 3.30. The summed E-state index contributed by atoms with van der Waals surface area (Å²) in [7, 11) is 2.20. The van der Waals surface area contributed by atoms with E-state index in [9.17, 15) is 4.79 Å². The fraction of sp³-hybridized carbons (Fsp3) is 0.882. The molecule has 0 atom stereocenters. The molecule has 7 heteroatoms. The number of nitrogens with one attached hydrogen (secondary N) is 2. The minimum atomic E-state index is 0. The quantitative estimate of drug-likeness (QED) is 0.365. The van der Waals surface area contributed by atoms with Crippen LogP contribution in [0, 0.1) is 5.92 Å². The lowest BCUT2D eigenvalue weighted by Gasteiger charge is -2.29. The van der Waals surface area contributed by atoms with Crippen LogP contribution in [0.5, 0.6) is 0 Å². The average Bonchev–Trinajstić information content (AvgIpc) is 3.08. The van der Waals surface area contributed by atoms with Gasteiger partial charge in [-0.2, -0.15) is 0 Å². The number of amides is 1. The average molecular weight is 451 g/mol. The normalized spacial score (nSPS) is 19.9. The second-order valence-electron chi connectivity index (χ2n) is 6.75. The zero-order valence-electron chi connectivity index (χ0n) is 15.2. The van der Waals surface area contributed by atoms with Crippen LogP contribution in [0.15, 0.2) is 4.99 Å².